The van der Waals surface area contributed by atoms with Crippen molar-refractivity contribution in [2.24, 2.45) is 0 Å². The van der Waals surface area contributed by atoms with Gasteiger partial charge >= 0.3 is 0 Å². The molecule has 158 valence electrons. The van der Waals surface area contributed by atoms with Crippen LogP contribution in [0.4, 0.5) is 0 Å². The molecule has 0 bridgehead atoms. The van der Waals surface area contributed by atoms with Gasteiger partial charge in [0.25, 0.3) is 11.1 Å². The van der Waals surface area contributed by atoms with Crippen LogP contribution in [0.15, 0.2) is 47.2 Å². The summed E-state index contributed by atoms with van der Waals surface area (Å²) in [7, 11) is 0. The van der Waals surface area contributed by atoms with E-state index in [9.17, 15) is 9.59 Å². The Balaban J connectivity index is 1.35. The summed E-state index contributed by atoms with van der Waals surface area (Å²) >= 11 is 1.42. The molecule has 3 aromatic heterocycles. The lowest BCUT2D eigenvalue weighted by Crippen LogP contribution is -2.36. The maximum Gasteiger partial charge on any atom is 0.281 e. The molecule has 0 atom stereocenters. The maximum absolute atomic E-state index is 13.1. The quantitative estimate of drug-likeness (QED) is 0.484. The molecule has 4 aromatic rings. The number of fused-ring (bicyclic) bond motifs is 2. The van der Waals surface area contributed by atoms with E-state index in [0.717, 1.165) is 16.5 Å². The molecule has 1 saturated heterocycles. The Bertz CT molecular complexity index is 1250. The van der Waals surface area contributed by atoms with Crippen LogP contribution in [0.25, 0.3) is 21.3 Å². The van der Waals surface area contributed by atoms with Crippen LogP contribution in [0.2, 0.25) is 0 Å². The highest BCUT2D eigenvalue weighted by atomic mass is 32.1. The fraction of sp³-hybridized carbons (Fsp3) is 0.273. The van der Waals surface area contributed by atoms with Crippen LogP contribution >= 0.6 is 11.3 Å². The minimum Gasteiger partial charge on any atom is -0.463 e. The topological polar surface area (TPSA) is 88.8 Å². The number of amides is 2. The molecule has 1 aromatic carbocycles. The molecule has 4 heterocycles. The first-order valence-corrected chi connectivity index (χ1v) is 10.9. The number of thiazole rings is 1. The van der Waals surface area contributed by atoms with E-state index in [2.05, 4.69) is 9.97 Å². The van der Waals surface area contributed by atoms with E-state index in [1.807, 2.05) is 18.2 Å². The Labute approximate surface area is 182 Å². The van der Waals surface area contributed by atoms with Crippen molar-refractivity contribution in [2.75, 3.05) is 26.2 Å². The van der Waals surface area contributed by atoms with Gasteiger partial charge in [0.15, 0.2) is 5.65 Å². The number of hydrogen-bond acceptors (Lipinski definition) is 7. The first kappa shape index (κ1) is 19.5. The maximum atomic E-state index is 13.1. The lowest BCUT2D eigenvalue weighted by molar-refractivity contribution is -0.128. The summed E-state index contributed by atoms with van der Waals surface area (Å²) in [5.41, 5.74) is 1.73. The van der Waals surface area contributed by atoms with E-state index in [1.165, 1.54) is 17.6 Å². The zero-order chi connectivity index (χ0) is 21.4. The lowest BCUT2D eigenvalue weighted by Gasteiger charge is -2.21. The molecular formula is C22H20N4O4S. The van der Waals surface area contributed by atoms with E-state index < -0.39 is 0 Å². The second-order valence-electron chi connectivity index (χ2n) is 7.37. The van der Waals surface area contributed by atoms with Gasteiger partial charge in [0.2, 0.25) is 5.91 Å². The molecule has 9 heteroatoms. The van der Waals surface area contributed by atoms with Gasteiger partial charge in [-0.05, 0) is 30.7 Å². The molecule has 1 aliphatic heterocycles. The predicted octanol–water partition coefficient (Wildman–Crippen LogP) is 3.92. The van der Waals surface area contributed by atoms with Crippen molar-refractivity contribution in [3.8, 4) is 10.9 Å². The van der Waals surface area contributed by atoms with Gasteiger partial charge in [-0.3, -0.25) is 9.59 Å². The minimum atomic E-state index is -0.0879. The van der Waals surface area contributed by atoms with Gasteiger partial charge in [0.05, 0.1) is 10.3 Å². The van der Waals surface area contributed by atoms with Crippen LogP contribution in [0.3, 0.4) is 0 Å². The molecule has 0 unspecified atom stereocenters. The molecule has 1 aliphatic rings. The molecule has 2 amide bonds. The highest BCUT2D eigenvalue weighted by molar-refractivity contribution is 7.20. The number of hydrogen-bond donors (Lipinski definition) is 0. The predicted molar refractivity (Wildman–Crippen MR) is 116 cm³/mol. The van der Waals surface area contributed by atoms with Gasteiger partial charge in [0.1, 0.15) is 17.6 Å². The first-order valence-electron chi connectivity index (χ1n) is 10.0. The lowest BCUT2D eigenvalue weighted by atomic mass is 10.1. The van der Waals surface area contributed by atoms with Crippen LogP contribution < -0.4 is 4.74 Å². The third kappa shape index (κ3) is 3.84. The molecule has 0 aliphatic carbocycles. The van der Waals surface area contributed by atoms with E-state index in [-0.39, 0.29) is 11.8 Å². The van der Waals surface area contributed by atoms with E-state index in [1.54, 1.807) is 35.1 Å². The second kappa shape index (κ2) is 7.99. The molecule has 31 heavy (non-hydrogen) atoms. The second-order valence-corrected chi connectivity index (χ2v) is 8.36. The summed E-state index contributed by atoms with van der Waals surface area (Å²) in [4.78, 5) is 36.9. The van der Waals surface area contributed by atoms with Crippen LogP contribution in [-0.2, 0) is 4.79 Å². The fourth-order valence-corrected chi connectivity index (χ4v) is 4.53. The third-order valence-electron chi connectivity index (χ3n) is 5.36. The van der Waals surface area contributed by atoms with Crippen molar-refractivity contribution in [2.45, 2.75) is 13.3 Å². The smallest absolute Gasteiger partial charge is 0.281 e. The van der Waals surface area contributed by atoms with Crippen LogP contribution in [0.5, 0.6) is 10.9 Å². The van der Waals surface area contributed by atoms with Crippen molar-refractivity contribution < 1.29 is 18.7 Å². The van der Waals surface area contributed by atoms with Gasteiger partial charge in [-0.25, -0.2) is 4.98 Å². The highest BCUT2D eigenvalue weighted by Gasteiger charge is 2.24. The van der Waals surface area contributed by atoms with Crippen molar-refractivity contribution in [3.05, 3.63) is 48.4 Å². The SMILES string of the molecule is CC(=O)N1CCCN(C(=O)c2coc3cc(Oc4nc5ncccc5s4)ccc23)CC1. The zero-order valence-electron chi connectivity index (χ0n) is 16.9. The number of carbonyl (C=O) groups excluding carboxylic acids is 2. The van der Waals surface area contributed by atoms with Crippen LogP contribution in [-0.4, -0.2) is 57.8 Å². The average Bonchev–Trinajstić information content (AvgIpc) is 3.27. The number of nitrogens with zero attached hydrogens (tertiary/aromatic N) is 4. The standard InChI is InChI=1S/C22H20N4O4S/c1-14(27)25-8-3-9-26(11-10-25)21(28)17-13-29-18-12-15(5-6-16(17)18)30-22-24-20-19(31-22)4-2-7-23-20/h2,4-7,12-13H,3,8-11H2,1H3. The van der Waals surface area contributed by atoms with Gasteiger partial charge in [0, 0.05) is 50.8 Å². The Morgan fingerprint density at radius 3 is 2.81 bits per heavy atom. The summed E-state index contributed by atoms with van der Waals surface area (Å²) < 4.78 is 12.5. The minimum absolute atomic E-state index is 0.0412. The molecular weight excluding hydrogens is 416 g/mol. The molecule has 1 fully saturated rings. The number of pyridine rings is 1. The van der Waals surface area contributed by atoms with Crippen molar-refractivity contribution in [1.82, 2.24) is 19.8 Å². The summed E-state index contributed by atoms with van der Waals surface area (Å²) in [5.74, 6) is 0.529. The summed E-state index contributed by atoms with van der Waals surface area (Å²) in [6.07, 6.45) is 3.95. The monoisotopic (exact) mass is 436 g/mol. The van der Waals surface area contributed by atoms with E-state index in [4.69, 9.17) is 9.15 Å². The molecule has 0 saturated carbocycles. The van der Waals surface area contributed by atoms with Gasteiger partial charge in [-0.15, -0.1) is 0 Å². The van der Waals surface area contributed by atoms with Crippen LogP contribution in [0, 0.1) is 0 Å². The first-order chi connectivity index (χ1) is 15.1. The van der Waals surface area contributed by atoms with Crippen molar-refractivity contribution in [3.63, 3.8) is 0 Å². The number of aromatic nitrogens is 2. The highest BCUT2D eigenvalue weighted by Crippen LogP contribution is 2.33. The summed E-state index contributed by atoms with van der Waals surface area (Å²) in [6.45, 7) is 3.91. The fourth-order valence-electron chi connectivity index (χ4n) is 3.74. The average molecular weight is 436 g/mol. The molecule has 5 rings (SSSR count). The van der Waals surface area contributed by atoms with Crippen molar-refractivity contribution >= 4 is 44.5 Å². The number of benzene rings is 1. The number of furan rings is 1. The van der Waals surface area contributed by atoms with E-state index >= 15 is 0 Å². The van der Waals surface area contributed by atoms with Crippen molar-refractivity contribution in [1.29, 1.82) is 0 Å². The van der Waals surface area contributed by atoms with Gasteiger partial charge < -0.3 is 19.0 Å². The molecule has 0 spiro atoms. The molecule has 8 nitrogen and oxygen atoms in total. The largest absolute Gasteiger partial charge is 0.463 e. The molecule has 0 radical (unpaired) electrons. The van der Waals surface area contributed by atoms with Gasteiger partial charge in [-0.1, -0.05) is 11.3 Å². The number of ether oxygens (including phenoxy) is 1. The number of carbonyl (C=O) groups is 2. The zero-order valence-corrected chi connectivity index (χ0v) is 17.7. The summed E-state index contributed by atoms with van der Waals surface area (Å²) in [6, 6.07) is 9.19. The third-order valence-corrected chi connectivity index (χ3v) is 6.24. The Hall–Kier alpha value is -3.46. The molecule has 0 N–H and O–H groups in total. The normalized spacial score (nSPS) is 14.7. The summed E-state index contributed by atoms with van der Waals surface area (Å²) in [5, 5.41) is 1.23. The Morgan fingerprint density at radius 2 is 1.97 bits per heavy atom. The van der Waals surface area contributed by atoms with E-state index in [0.29, 0.717) is 53.9 Å². The number of rotatable bonds is 3. The Kier molecular flexibility index (Phi) is 5.03. The Morgan fingerprint density at radius 1 is 1.13 bits per heavy atom. The van der Waals surface area contributed by atoms with Gasteiger partial charge in [-0.2, -0.15) is 4.98 Å². The van der Waals surface area contributed by atoms with Crippen LogP contribution in [0.1, 0.15) is 23.7 Å².